The summed E-state index contributed by atoms with van der Waals surface area (Å²) in [7, 11) is -15.8. The Balaban J connectivity index is 3.13. The molecule has 1 heterocycles. The van der Waals surface area contributed by atoms with Crippen molar-refractivity contribution in [2.75, 3.05) is 31.5 Å². The minimum atomic E-state index is -5.74. The average Bonchev–Trinajstić information content (AvgIpc) is 2.61. The van der Waals surface area contributed by atoms with E-state index in [2.05, 4.69) is 18.1 Å². The van der Waals surface area contributed by atoms with Gasteiger partial charge in [0.25, 0.3) is 0 Å². The average molecular weight is 564 g/mol. The van der Waals surface area contributed by atoms with Crippen LogP contribution in [-0.2, 0) is 31.6 Å². The van der Waals surface area contributed by atoms with Gasteiger partial charge in [-0.15, -0.1) is 0 Å². The number of anilines is 1. The van der Waals surface area contributed by atoms with Crippen molar-refractivity contribution >= 4 is 52.6 Å². The van der Waals surface area contributed by atoms with Gasteiger partial charge in [0.1, 0.15) is 23.0 Å². The number of methoxy groups -OCH3 is 1. The van der Waals surface area contributed by atoms with E-state index in [1.165, 1.54) is 6.07 Å². The van der Waals surface area contributed by atoms with Gasteiger partial charge < -0.3 is 35.2 Å². The van der Waals surface area contributed by atoms with E-state index in [1.807, 2.05) is 0 Å². The van der Waals surface area contributed by atoms with E-state index >= 15 is 0 Å². The maximum atomic E-state index is 12.0. The SMILES string of the molecule is CO[C@@](COP(=O)(O)OP(=O)(O)OP(=O)(O)O)(CSC)[C@@H](O)[C@@H](Cl)n1ccc(N)nc1=O. The number of aliphatic hydroxyl groups excluding tert-OH is 1. The number of ether oxygens (including phenoxy) is 1. The molecule has 0 radical (unpaired) electrons. The lowest BCUT2D eigenvalue weighted by molar-refractivity contribution is -0.118. The maximum Gasteiger partial charge on any atom is 0.490 e. The molecule has 0 aliphatic carbocycles. The van der Waals surface area contributed by atoms with Gasteiger partial charge in [0.2, 0.25) is 0 Å². The van der Waals surface area contributed by atoms with Gasteiger partial charge in [-0.3, -0.25) is 9.09 Å². The first-order chi connectivity index (χ1) is 14.5. The summed E-state index contributed by atoms with van der Waals surface area (Å²) in [5.74, 6) is -0.264. The molecule has 0 saturated carbocycles. The van der Waals surface area contributed by atoms with Crippen molar-refractivity contribution in [2.24, 2.45) is 0 Å². The number of nitrogens with two attached hydrogens (primary N) is 1. The summed E-state index contributed by atoms with van der Waals surface area (Å²) in [6.07, 6.45) is 0.885. The van der Waals surface area contributed by atoms with Crippen LogP contribution in [0.2, 0.25) is 0 Å². The van der Waals surface area contributed by atoms with Crippen LogP contribution in [0.15, 0.2) is 17.1 Å². The van der Waals surface area contributed by atoms with Crippen LogP contribution >= 0.6 is 46.8 Å². The highest BCUT2D eigenvalue weighted by molar-refractivity contribution is 7.98. The summed E-state index contributed by atoms with van der Waals surface area (Å²) in [6, 6.07) is 1.22. The number of halogens is 1. The number of rotatable bonds is 13. The normalized spacial score (nSPS) is 20.0. The third-order valence-electron chi connectivity index (χ3n) is 3.60. The molecule has 0 aliphatic rings. The molecule has 21 heteroatoms. The Labute approximate surface area is 190 Å². The molecule has 0 fully saturated rings. The van der Waals surface area contributed by atoms with Crippen molar-refractivity contribution in [2.45, 2.75) is 17.2 Å². The Morgan fingerprint density at radius 1 is 1.25 bits per heavy atom. The largest absolute Gasteiger partial charge is 0.490 e. The number of phosphoric ester groups is 1. The van der Waals surface area contributed by atoms with Gasteiger partial charge in [0.15, 0.2) is 0 Å². The number of aliphatic hydroxyl groups is 1. The Hall–Kier alpha value is -0.350. The van der Waals surface area contributed by atoms with Gasteiger partial charge in [-0.05, 0) is 12.3 Å². The molecule has 1 aromatic rings. The van der Waals surface area contributed by atoms with E-state index in [0.29, 0.717) is 0 Å². The molecule has 5 atom stereocenters. The fourth-order valence-corrected chi connectivity index (χ4v) is 6.52. The number of nitrogen functional groups attached to an aromatic ring is 1. The van der Waals surface area contributed by atoms with Crippen molar-refractivity contribution in [3.8, 4) is 0 Å². The van der Waals surface area contributed by atoms with Crippen LogP contribution < -0.4 is 11.4 Å². The van der Waals surface area contributed by atoms with E-state index in [9.17, 15) is 33.4 Å². The van der Waals surface area contributed by atoms with Crippen molar-refractivity contribution in [1.29, 1.82) is 0 Å². The zero-order valence-corrected chi connectivity index (χ0v) is 20.6. The predicted octanol–water partition coefficient (Wildman–Crippen LogP) is 0.0153. The molecule has 0 bridgehead atoms. The summed E-state index contributed by atoms with van der Waals surface area (Å²) < 4.78 is 52.0. The molecule has 1 aromatic heterocycles. The summed E-state index contributed by atoms with van der Waals surface area (Å²) in [5, 5.41) is 10.8. The van der Waals surface area contributed by atoms with E-state index < -0.39 is 53.0 Å². The number of nitrogens with zero attached hydrogens (tertiary/aromatic N) is 2. The molecule has 2 unspecified atom stereocenters. The highest BCUT2D eigenvalue weighted by Crippen LogP contribution is 2.66. The third kappa shape index (κ3) is 8.78. The lowest BCUT2D eigenvalue weighted by Gasteiger charge is -2.38. The van der Waals surface area contributed by atoms with Gasteiger partial charge in [0.05, 0.1) is 6.61 Å². The van der Waals surface area contributed by atoms with Crippen LogP contribution in [0.25, 0.3) is 0 Å². The smallest absolute Gasteiger partial charge is 0.386 e. The van der Waals surface area contributed by atoms with E-state index in [1.54, 1.807) is 6.26 Å². The second-order valence-electron chi connectivity index (χ2n) is 5.93. The monoisotopic (exact) mass is 563 g/mol. The highest BCUT2D eigenvalue weighted by atomic mass is 35.5. The van der Waals surface area contributed by atoms with Gasteiger partial charge >= 0.3 is 29.2 Å². The second-order valence-corrected chi connectivity index (χ2v) is 11.7. The van der Waals surface area contributed by atoms with Crippen LogP contribution in [0.4, 0.5) is 5.82 Å². The van der Waals surface area contributed by atoms with Gasteiger partial charge in [-0.25, -0.2) is 18.5 Å². The van der Waals surface area contributed by atoms with Crippen LogP contribution in [0, 0.1) is 0 Å². The number of aromatic nitrogens is 2. The minimum absolute atomic E-state index is 0.112. The third-order valence-corrected chi connectivity index (χ3v) is 8.61. The molecule has 0 spiro atoms. The van der Waals surface area contributed by atoms with Crippen molar-refractivity contribution in [3.63, 3.8) is 0 Å². The maximum absolute atomic E-state index is 12.0. The Morgan fingerprint density at radius 2 is 1.84 bits per heavy atom. The molecule has 0 amide bonds. The van der Waals surface area contributed by atoms with E-state index in [4.69, 9.17) is 31.9 Å². The van der Waals surface area contributed by atoms with Gasteiger partial charge in [-0.1, -0.05) is 11.6 Å². The Bertz CT molecular complexity index is 991. The highest BCUT2D eigenvalue weighted by Gasteiger charge is 2.47. The molecule has 0 aromatic carbocycles. The Kier molecular flexibility index (Phi) is 10.6. The number of hydrogen-bond donors (Lipinski definition) is 6. The summed E-state index contributed by atoms with van der Waals surface area (Å²) in [4.78, 5) is 51.5. The molecule has 32 heavy (non-hydrogen) atoms. The molecular weight excluding hydrogens is 543 g/mol. The standard InChI is InChI=1S/C11H21ClN3O13P3S/c1-25-11(6-32-2,8(16)9(12)15-4-3-7(13)14-10(15)17)5-26-30(21,22)28-31(23,24)27-29(18,19)20/h3-4,8-9,16H,5-6H2,1-2H3,(H,21,22)(H,23,24)(H2,13,14,17)(H2,18,19,20)/t8-,9-,11-/m0/s1. The van der Waals surface area contributed by atoms with Crippen LogP contribution in [-0.4, -0.2) is 71.7 Å². The van der Waals surface area contributed by atoms with Gasteiger partial charge in [0, 0.05) is 19.1 Å². The topological polar surface area (TPSA) is 250 Å². The summed E-state index contributed by atoms with van der Waals surface area (Å²) >= 11 is 7.24. The molecule has 0 aliphatic heterocycles. The summed E-state index contributed by atoms with van der Waals surface area (Å²) in [5.41, 5.74) is 1.02. The molecular formula is C11H21ClN3O13P3S. The zero-order chi connectivity index (χ0) is 25.0. The first-order valence-electron chi connectivity index (χ1n) is 7.97. The fourth-order valence-electron chi connectivity index (χ4n) is 2.21. The number of hydrogen-bond acceptors (Lipinski definition) is 12. The van der Waals surface area contributed by atoms with Crippen LogP contribution in [0.3, 0.4) is 0 Å². The lowest BCUT2D eigenvalue weighted by Crippen LogP contribution is -2.54. The molecule has 186 valence electrons. The van der Waals surface area contributed by atoms with Crippen LogP contribution in [0.1, 0.15) is 5.50 Å². The summed E-state index contributed by atoms with van der Waals surface area (Å²) in [6.45, 7) is -1.00. The molecule has 1 rings (SSSR count). The van der Waals surface area contributed by atoms with E-state index in [-0.39, 0.29) is 11.6 Å². The van der Waals surface area contributed by atoms with Crippen molar-refractivity contribution < 1.29 is 56.3 Å². The first-order valence-corrected chi connectivity index (χ1v) is 14.3. The predicted molar refractivity (Wildman–Crippen MR) is 112 cm³/mol. The minimum Gasteiger partial charge on any atom is -0.386 e. The first kappa shape index (κ1) is 29.7. The van der Waals surface area contributed by atoms with Crippen LogP contribution in [0.5, 0.6) is 0 Å². The van der Waals surface area contributed by atoms with Gasteiger partial charge in [-0.2, -0.15) is 25.4 Å². The van der Waals surface area contributed by atoms with E-state index in [0.717, 1.165) is 29.6 Å². The molecule has 7 N–H and O–H groups in total. The Morgan fingerprint density at radius 3 is 2.31 bits per heavy atom. The number of thioether (sulfide) groups is 1. The fraction of sp³-hybridized carbons (Fsp3) is 0.636. The number of phosphoric acid groups is 3. The van der Waals surface area contributed by atoms with Crippen molar-refractivity contribution in [3.05, 3.63) is 22.7 Å². The molecule has 0 saturated heterocycles. The lowest BCUT2D eigenvalue weighted by atomic mass is 9.99. The zero-order valence-electron chi connectivity index (χ0n) is 16.3. The van der Waals surface area contributed by atoms with Crippen molar-refractivity contribution in [1.82, 2.24) is 9.55 Å². The quantitative estimate of drug-likeness (QED) is 0.136. The second kappa shape index (κ2) is 11.4. The number of alkyl halides is 1. The molecule has 16 nitrogen and oxygen atoms in total.